The molecule has 2 N–H and O–H groups in total. The Morgan fingerprint density at radius 2 is 1.96 bits per heavy atom. The molecule has 0 aliphatic heterocycles. The highest BCUT2D eigenvalue weighted by Crippen LogP contribution is 2.22. The van der Waals surface area contributed by atoms with Gasteiger partial charge in [0.15, 0.2) is 0 Å². The van der Waals surface area contributed by atoms with E-state index in [1.807, 2.05) is 36.5 Å². The summed E-state index contributed by atoms with van der Waals surface area (Å²) in [6.45, 7) is 0.670. The fraction of sp³-hybridized carbons (Fsp3) is 0.167. The molecule has 0 spiro atoms. The molecule has 6 heteroatoms. The van der Waals surface area contributed by atoms with Crippen LogP contribution in [0.4, 0.5) is 4.79 Å². The van der Waals surface area contributed by atoms with Crippen molar-refractivity contribution >= 4 is 40.2 Å². The summed E-state index contributed by atoms with van der Waals surface area (Å²) in [6.07, 6.45) is 2.17. The van der Waals surface area contributed by atoms with Crippen molar-refractivity contribution in [1.82, 2.24) is 10.3 Å². The van der Waals surface area contributed by atoms with E-state index in [9.17, 15) is 4.79 Å². The van der Waals surface area contributed by atoms with Gasteiger partial charge in [-0.1, -0.05) is 35.3 Å². The minimum Gasteiger partial charge on any atom is -0.445 e. The molecule has 0 aliphatic rings. The van der Waals surface area contributed by atoms with Crippen LogP contribution >= 0.6 is 23.2 Å². The van der Waals surface area contributed by atoms with Gasteiger partial charge in [0.2, 0.25) is 0 Å². The number of carbonyl (C=O) groups excluding carboxylic acids is 1. The molecule has 1 heterocycles. The first-order valence-corrected chi connectivity index (χ1v) is 8.28. The maximum Gasteiger partial charge on any atom is 0.407 e. The Labute approximate surface area is 149 Å². The molecule has 3 aromatic rings. The van der Waals surface area contributed by atoms with E-state index < -0.39 is 6.09 Å². The smallest absolute Gasteiger partial charge is 0.407 e. The van der Waals surface area contributed by atoms with Crippen molar-refractivity contribution in [2.75, 3.05) is 6.54 Å². The van der Waals surface area contributed by atoms with Gasteiger partial charge in [-0.25, -0.2) is 4.79 Å². The third kappa shape index (κ3) is 4.22. The molecule has 0 atom stereocenters. The third-order valence-electron chi connectivity index (χ3n) is 3.65. The zero-order chi connectivity index (χ0) is 16.9. The minimum atomic E-state index is -0.451. The predicted octanol–water partition coefficient (Wildman–Crippen LogP) is 4.94. The van der Waals surface area contributed by atoms with E-state index in [1.54, 1.807) is 12.1 Å². The maximum atomic E-state index is 11.8. The first-order chi connectivity index (χ1) is 11.6. The predicted molar refractivity (Wildman–Crippen MR) is 96.7 cm³/mol. The number of halogens is 2. The molecule has 4 nitrogen and oxygen atoms in total. The van der Waals surface area contributed by atoms with E-state index in [-0.39, 0.29) is 6.61 Å². The van der Waals surface area contributed by atoms with Gasteiger partial charge in [0, 0.05) is 33.7 Å². The lowest BCUT2D eigenvalue weighted by atomic mass is 10.1. The van der Waals surface area contributed by atoms with Crippen LogP contribution in [0.3, 0.4) is 0 Å². The maximum absolute atomic E-state index is 11.8. The number of aromatic nitrogens is 1. The van der Waals surface area contributed by atoms with Crippen LogP contribution in [-0.4, -0.2) is 17.6 Å². The number of hydrogen-bond donors (Lipinski definition) is 2. The fourth-order valence-electron chi connectivity index (χ4n) is 2.48. The number of alkyl carbamates (subject to hydrolysis) is 1. The van der Waals surface area contributed by atoms with E-state index in [0.717, 1.165) is 22.0 Å². The highest BCUT2D eigenvalue weighted by Gasteiger charge is 2.06. The number of ether oxygens (including phenoxy) is 1. The summed E-state index contributed by atoms with van der Waals surface area (Å²) in [5.41, 5.74) is 2.98. The molecular formula is C18H16Cl2N2O2. The molecule has 0 radical (unpaired) electrons. The van der Waals surface area contributed by atoms with Crippen molar-refractivity contribution in [3.63, 3.8) is 0 Å². The summed E-state index contributed by atoms with van der Waals surface area (Å²) >= 11 is 11.9. The first-order valence-electron chi connectivity index (χ1n) is 7.52. The number of H-pyrrole nitrogens is 1. The number of amides is 1. The molecule has 0 saturated carbocycles. The second kappa shape index (κ2) is 7.60. The van der Waals surface area contributed by atoms with E-state index in [1.165, 1.54) is 0 Å². The molecule has 2 aromatic carbocycles. The fourth-order valence-corrected chi connectivity index (χ4v) is 2.87. The van der Waals surface area contributed by atoms with Crippen LogP contribution in [-0.2, 0) is 17.8 Å². The van der Waals surface area contributed by atoms with Crippen molar-refractivity contribution in [3.8, 4) is 0 Å². The number of hydrogen-bond acceptors (Lipinski definition) is 2. The lowest BCUT2D eigenvalue weighted by molar-refractivity contribution is 0.140. The summed E-state index contributed by atoms with van der Waals surface area (Å²) in [5, 5.41) is 5.12. The second-order valence-corrected chi connectivity index (χ2v) is 6.26. The Morgan fingerprint density at radius 3 is 2.79 bits per heavy atom. The van der Waals surface area contributed by atoms with E-state index in [2.05, 4.69) is 10.3 Å². The lowest BCUT2D eigenvalue weighted by Gasteiger charge is -2.07. The Balaban J connectivity index is 1.48. The molecule has 0 bridgehead atoms. The molecule has 24 heavy (non-hydrogen) atoms. The molecule has 1 aromatic heterocycles. The van der Waals surface area contributed by atoms with Crippen molar-refractivity contribution in [2.24, 2.45) is 0 Å². The van der Waals surface area contributed by atoms with Gasteiger partial charge in [0.1, 0.15) is 6.61 Å². The van der Waals surface area contributed by atoms with E-state index in [0.29, 0.717) is 23.0 Å². The number of nitrogens with one attached hydrogen (secondary N) is 2. The van der Waals surface area contributed by atoms with Gasteiger partial charge in [0.25, 0.3) is 0 Å². The zero-order valence-corrected chi connectivity index (χ0v) is 14.3. The highest BCUT2D eigenvalue weighted by atomic mass is 35.5. The summed E-state index contributed by atoms with van der Waals surface area (Å²) in [6, 6.07) is 12.9. The van der Waals surface area contributed by atoms with Crippen molar-refractivity contribution in [1.29, 1.82) is 0 Å². The molecule has 0 aliphatic carbocycles. The number of carbonyl (C=O) groups is 1. The average molecular weight is 363 g/mol. The molecule has 0 fully saturated rings. The molecule has 124 valence electrons. The topological polar surface area (TPSA) is 54.1 Å². The normalized spacial score (nSPS) is 10.8. The zero-order valence-electron chi connectivity index (χ0n) is 12.8. The molecule has 1 amide bonds. The van der Waals surface area contributed by atoms with Crippen LogP contribution in [0.15, 0.2) is 48.7 Å². The van der Waals surface area contributed by atoms with Crippen molar-refractivity contribution in [2.45, 2.75) is 13.0 Å². The average Bonchev–Trinajstić information content (AvgIpc) is 2.95. The summed E-state index contributed by atoms with van der Waals surface area (Å²) in [7, 11) is 0. The van der Waals surface area contributed by atoms with E-state index >= 15 is 0 Å². The number of rotatable bonds is 5. The number of fused-ring (bicyclic) bond motifs is 1. The quantitative estimate of drug-likeness (QED) is 0.674. The molecule has 0 saturated heterocycles. The van der Waals surface area contributed by atoms with Gasteiger partial charge >= 0.3 is 6.09 Å². The lowest BCUT2D eigenvalue weighted by Crippen LogP contribution is -2.26. The van der Waals surface area contributed by atoms with Crippen molar-refractivity contribution in [3.05, 3.63) is 69.8 Å². The van der Waals surface area contributed by atoms with Crippen LogP contribution < -0.4 is 5.32 Å². The van der Waals surface area contributed by atoms with Crippen molar-refractivity contribution < 1.29 is 9.53 Å². The Morgan fingerprint density at radius 1 is 1.12 bits per heavy atom. The van der Waals surface area contributed by atoms with Crippen LogP contribution in [0.2, 0.25) is 10.0 Å². The number of benzene rings is 2. The van der Waals surface area contributed by atoms with Crippen LogP contribution in [0.1, 0.15) is 11.1 Å². The summed E-state index contributed by atoms with van der Waals surface area (Å²) in [4.78, 5) is 14.9. The Kier molecular flexibility index (Phi) is 5.28. The first kappa shape index (κ1) is 16.7. The molecular weight excluding hydrogens is 347 g/mol. The van der Waals surface area contributed by atoms with Crippen LogP contribution in [0, 0.1) is 0 Å². The third-order valence-corrected chi connectivity index (χ3v) is 4.12. The summed E-state index contributed by atoms with van der Waals surface area (Å²) in [5.74, 6) is 0. The monoisotopic (exact) mass is 362 g/mol. The highest BCUT2D eigenvalue weighted by molar-refractivity contribution is 6.31. The van der Waals surface area contributed by atoms with Gasteiger partial charge < -0.3 is 15.0 Å². The van der Waals surface area contributed by atoms with Gasteiger partial charge in [0.05, 0.1) is 0 Å². The molecule has 3 rings (SSSR count). The van der Waals surface area contributed by atoms with Gasteiger partial charge in [-0.05, 0) is 47.9 Å². The van der Waals surface area contributed by atoms with Crippen LogP contribution in [0.25, 0.3) is 10.9 Å². The molecule has 0 unspecified atom stereocenters. The Hall–Kier alpha value is -2.17. The SMILES string of the molecule is O=C(NCCc1c[nH]c2ccc(Cl)cc12)OCc1cccc(Cl)c1. The van der Waals surface area contributed by atoms with E-state index in [4.69, 9.17) is 27.9 Å². The Bertz CT molecular complexity index is 861. The number of aromatic amines is 1. The standard InChI is InChI=1S/C18H16Cl2N2O2/c19-14-3-1-2-12(8-14)11-24-18(23)21-7-6-13-10-22-17-5-4-15(20)9-16(13)17/h1-5,8-10,22H,6-7,11H2,(H,21,23). The summed E-state index contributed by atoms with van der Waals surface area (Å²) < 4.78 is 5.17. The van der Waals surface area contributed by atoms with Crippen LogP contribution in [0.5, 0.6) is 0 Å². The van der Waals surface area contributed by atoms with Gasteiger partial charge in [-0.15, -0.1) is 0 Å². The van der Waals surface area contributed by atoms with Gasteiger partial charge in [-0.2, -0.15) is 0 Å². The largest absolute Gasteiger partial charge is 0.445 e. The minimum absolute atomic E-state index is 0.190. The second-order valence-electron chi connectivity index (χ2n) is 5.39. The van der Waals surface area contributed by atoms with Gasteiger partial charge in [-0.3, -0.25) is 0 Å².